The summed E-state index contributed by atoms with van der Waals surface area (Å²) in [5.41, 5.74) is 4.20. The smallest absolute Gasteiger partial charge is 0.274 e. The monoisotopic (exact) mass is 398 g/mol. The van der Waals surface area contributed by atoms with Gasteiger partial charge in [0.25, 0.3) is 11.5 Å². The Hall–Kier alpha value is -4.20. The van der Waals surface area contributed by atoms with Crippen LogP contribution in [0.4, 0.5) is 5.82 Å². The summed E-state index contributed by atoms with van der Waals surface area (Å²) in [4.78, 5) is 40.0. The molecule has 1 amide bonds. The van der Waals surface area contributed by atoms with Crippen LogP contribution in [0.15, 0.2) is 60.0 Å². The normalized spacial score (nSPS) is 11.3. The van der Waals surface area contributed by atoms with Crippen molar-refractivity contribution >= 4 is 33.5 Å². The Bertz CT molecular complexity index is 1490. The van der Waals surface area contributed by atoms with Gasteiger partial charge in [0.2, 0.25) is 0 Å². The van der Waals surface area contributed by atoms with Crippen LogP contribution < -0.4 is 10.9 Å². The number of H-pyrrole nitrogens is 2. The van der Waals surface area contributed by atoms with E-state index in [-0.39, 0.29) is 11.5 Å². The van der Waals surface area contributed by atoms with Gasteiger partial charge in [-0.05, 0) is 30.7 Å². The third kappa shape index (κ3) is 2.77. The van der Waals surface area contributed by atoms with Crippen molar-refractivity contribution in [2.24, 2.45) is 7.05 Å². The Labute approximate surface area is 170 Å². The zero-order valence-electron chi connectivity index (χ0n) is 16.4. The van der Waals surface area contributed by atoms with Crippen molar-refractivity contribution in [3.05, 3.63) is 76.7 Å². The van der Waals surface area contributed by atoms with Gasteiger partial charge in [0.1, 0.15) is 11.3 Å². The van der Waals surface area contributed by atoms with Gasteiger partial charge in [0, 0.05) is 48.2 Å². The summed E-state index contributed by atoms with van der Waals surface area (Å²) in [6.45, 7) is 1.95. The third-order valence-electron chi connectivity index (χ3n) is 5.22. The molecule has 0 saturated carbocycles. The van der Waals surface area contributed by atoms with Crippen LogP contribution in [0, 0.1) is 6.92 Å². The standard InChI is InChI=1S/C22H18N6O2/c1-12-3-4-18(27-21(29)15-9-25-17-10-23-7-5-13(15)17)26-19(12)16-11-28(2)22(30)20-14(16)6-8-24-20/h3-11,24-25H,1-2H3,(H,26,27,29). The zero-order valence-corrected chi connectivity index (χ0v) is 16.4. The van der Waals surface area contributed by atoms with E-state index in [4.69, 9.17) is 0 Å². The first-order valence-electron chi connectivity index (χ1n) is 9.40. The van der Waals surface area contributed by atoms with Crippen LogP contribution in [0.1, 0.15) is 15.9 Å². The van der Waals surface area contributed by atoms with E-state index in [0.29, 0.717) is 22.6 Å². The van der Waals surface area contributed by atoms with Crippen molar-refractivity contribution in [1.82, 2.24) is 24.5 Å². The van der Waals surface area contributed by atoms with Crippen LogP contribution in [0.2, 0.25) is 0 Å². The summed E-state index contributed by atoms with van der Waals surface area (Å²) in [7, 11) is 1.71. The lowest BCUT2D eigenvalue weighted by Crippen LogP contribution is -2.17. The second-order valence-electron chi connectivity index (χ2n) is 7.16. The van der Waals surface area contributed by atoms with Gasteiger partial charge < -0.3 is 19.9 Å². The van der Waals surface area contributed by atoms with E-state index in [0.717, 1.165) is 27.4 Å². The molecule has 5 aromatic rings. The Kier molecular flexibility index (Phi) is 3.99. The average molecular weight is 398 g/mol. The highest BCUT2D eigenvalue weighted by molar-refractivity contribution is 6.12. The second kappa shape index (κ2) is 6.70. The number of aromatic amines is 2. The Morgan fingerprint density at radius 3 is 2.87 bits per heavy atom. The van der Waals surface area contributed by atoms with E-state index >= 15 is 0 Å². The van der Waals surface area contributed by atoms with Crippen molar-refractivity contribution in [2.75, 3.05) is 5.32 Å². The topological polar surface area (TPSA) is 108 Å². The van der Waals surface area contributed by atoms with Gasteiger partial charge in [-0.1, -0.05) is 6.07 Å². The SMILES string of the molecule is Cc1ccc(NC(=O)c2c[nH]c3cnccc23)nc1-c1cn(C)c(=O)c2[nH]ccc12. The van der Waals surface area contributed by atoms with Crippen LogP contribution in [0.5, 0.6) is 0 Å². The first-order chi connectivity index (χ1) is 14.5. The molecule has 0 radical (unpaired) electrons. The fourth-order valence-corrected chi connectivity index (χ4v) is 3.67. The summed E-state index contributed by atoms with van der Waals surface area (Å²) in [5.74, 6) is 0.170. The van der Waals surface area contributed by atoms with Crippen molar-refractivity contribution in [3.63, 3.8) is 0 Å². The molecule has 0 spiro atoms. The predicted octanol–water partition coefficient (Wildman–Crippen LogP) is 3.37. The number of rotatable bonds is 3. The number of aryl methyl sites for hydroxylation is 2. The van der Waals surface area contributed by atoms with Gasteiger partial charge in [-0.2, -0.15) is 0 Å². The molecule has 5 rings (SSSR count). The highest BCUT2D eigenvalue weighted by Crippen LogP contribution is 2.29. The quantitative estimate of drug-likeness (QED) is 0.433. The van der Waals surface area contributed by atoms with E-state index < -0.39 is 0 Å². The predicted molar refractivity (Wildman–Crippen MR) is 116 cm³/mol. The lowest BCUT2D eigenvalue weighted by atomic mass is 10.0. The number of hydrogen-bond donors (Lipinski definition) is 3. The number of hydrogen-bond acceptors (Lipinski definition) is 4. The maximum atomic E-state index is 12.8. The summed E-state index contributed by atoms with van der Waals surface area (Å²) in [6.07, 6.45) is 8.49. The highest BCUT2D eigenvalue weighted by atomic mass is 16.1. The molecular weight excluding hydrogens is 380 g/mol. The minimum Gasteiger partial charge on any atom is -0.359 e. The molecule has 0 bridgehead atoms. The number of fused-ring (bicyclic) bond motifs is 2. The van der Waals surface area contributed by atoms with E-state index in [1.165, 1.54) is 4.57 Å². The molecule has 0 unspecified atom stereocenters. The molecule has 3 N–H and O–H groups in total. The Morgan fingerprint density at radius 1 is 1.13 bits per heavy atom. The highest BCUT2D eigenvalue weighted by Gasteiger charge is 2.16. The molecule has 8 nitrogen and oxygen atoms in total. The van der Waals surface area contributed by atoms with Crippen molar-refractivity contribution in [3.8, 4) is 11.3 Å². The third-order valence-corrected chi connectivity index (χ3v) is 5.22. The van der Waals surface area contributed by atoms with Crippen LogP contribution in [0.3, 0.4) is 0 Å². The van der Waals surface area contributed by atoms with Gasteiger partial charge in [-0.3, -0.25) is 14.6 Å². The van der Waals surface area contributed by atoms with Gasteiger partial charge >= 0.3 is 0 Å². The van der Waals surface area contributed by atoms with Crippen LogP contribution in [0.25, 0.3) is 33.1 Å². The average Bonchev–Trinajstić information content (AvgIpc) is 3.40. The van der Waals surface area contributed by atoms with Crippen molar-refractivity contribution in [1.29, 1.82) is 0 Å². The van der Waals surface area contributed by atoms with Crippen LogP contribution >= 0.6 is 0 Å². The van der Waals surface area contributed by atoms with Crippen molar-refractivity contribution in [2.45, 2.75) is 6.92 Å². The van der Waals surface area contributed by atoms with Crippen molar-refractivity contribution < 1.29 is 4.79 Å². The van der Waals surface area contributed by atoms with Crippen LogP contribution in [-0.2, 0) is 7.05 Å². The molecule has 0 aliphatic carbocycles. The number of nitrogens with one attached hydrogen (secondary N) is 3. The summed E-state index contributed by atoms with van der Waals surface area (Å²) in [6, 6.07) is 7.32. The maximum absolute atomic E-state index is 12.8. The Balaban J connectivity index is 1.56. The Morgan fingerprint density at radius 2 is 2.00 bits per heavy atom. The van der Waals surface area contributed by atoms with E-state index in [2.05, 4.69) is 25.3 Å². The van der Waals surface area contributed by atoms with Gasteiger partial charge in [0.05, 0.1) is 23.0 Å². The number of amides is 1. The molecule has 148 valence electrons. The molecule has 0 aliphatic rings. The van der Waals surface area contributed by atoms with Crippen LogP contribution in [-0.4, -0.2) is 30.4 Å². The number of nitrogens with zero attached hydrogens (tertiary/aromatic N) is 3. The van der Waals surface area contributed by atoms with Gasteiger partial charge in [-0.25, -0.2) is 4.98 Å². The second-order valence-corrected chi connectivity index (χ2v) is 7.16. The minimum atomic E-state index is -0.262. The van der Waals surface area contributed by atoms with Gasteiger partial charge in [0.15, 0.2) is 0 Å². The number of carbonyl (C=O) groups is 1. The lowest BCUT2D eigenvalue weighted by Gasteiger charge is -2.11. The molecule has 30 heavy (non-hydrogen) atoms. The molecule has 0 aliphatic heterocycles. The minimum absolute atomic E-state index is 0.102. The number of carbonyl (C=O) groups excluding carboxylic acids is 1. The fraction of sp³-hybridized carbons (Fsp3) is 0.0909. The molecule has 0 atom stereocenters. The first kappa shape index (κ1) is 17.9. The molecule has 8 heteroatoms. The summed E-state index contributed by atoms with van der Waals surface area (Å²) < 4.78 is 1.53. The molecule has 0 fully saturated rings. The molecular formula is C22H18N6O2. The van der Waals surface area contributed by atoms with E-state index in [1.807, 2.05) is 19.1 Å². The molecule has 5 aromatic heterocycles. The number of anilines is 1. The number of aromatic nitrogens is 5. The molecule has 0 saturated heterocycles. The summed E-state index contributed by atoms with van der Waals surface area (Å²) in [5, 5.41) is 4.46. The maximum Gasteiger partial charge on any atom is 0.274 e. The zero-order chi connectivity index (χ0) is 20.8. The lowest BCUT2D eigenvalue weighted by molar-refractivity contribution is 0.102. The molecule has 0 aromatic carbocycles. The fourth-order valence-electron chi connectivity index (χ4n) is 3.67. The molecule has 5 heterocycles. The number of pyridine rings is 3. The first-order valence-corrected chi connectivity index (χ1v) is 9.40. The van der Waals surface area contributed by atoms with Gasteiger partial charge in [-0.15, -0.1) is 0 Å². The largest absolute Gasteiger partial charge is 0.359 e. The van der Waals surface area contributed by atoms with E-state index in [9.17, 15) is 9.59 Å². The van der Waals surface area contributed by atoms with E-state index in [1.54, 1.807) is 50.2 Å². The summed E-state index contributed by atoms with van der Waals surface area (Å²) >= 11 is 0.